The normalized spacial score (nSPS) is 12.0. The van der Waals surface area contributed by atoms with Crippen LogP contribution >= 0.6 is 11.3 Å². The van der Waals surface area contributed by atoms with Crippen molar-refractivity contribution in [3.8, 4) is 44.7 Å². The van der Waals surface area contributed by atoms with Gasteiger partial charge in [-0.25, -0.2) is 18.1 Å². The van der Waals surface area contributed by atoms with Crippen molar-refractivity contribution in [2.75, 3.05) is 0 Å². The van der Waals surface area contributed by atoms with Gasteiger partial charge < -0.3 is 4.52 Å². The van der Waals surface area contributed by atoms with Crippen molar-refractivity contribution in [3.63, 3.8) is 0 Å². The molecule has 0 fully saturated rings. The smallest absolute Gasteiger partial charge is 0.334 e. The van der Waals surface area contributed by atoms with Crippen LogP contribution in [0.4, 0.5) is 13.2 Å². The van der Waals surface area contributed by atoms with Crippen LogP contribution in [0.25, 0.3) is 44.7 Å². The average Bonchev–Trinajstić information content (AvgIpc) is 3.76. The molecular formula is C34H25F3N4O4S2. The van der Waals surface area contributed by atoms with E-state index < -0.39 is 27.7 Å². The second kappa shape index (κ2) is 12.6. The number of benzene rings is 4. The molecule has 0 unspecified atom stereocenters. The van der Waals surface area contributed by atoms with Crippen molar-refractivity contribution in [1.82, 2.24) is 19.8 Å². The summed E-state index contributed by atoms with van der Waals surface area (Å²) in [6.07, 6.45) is -4.40. The Morgan fingerprint density at radius 2 is 1.49 bits per heavy atom. The van der Waals surface area contributed by atoms with Crippen molar-refractivity contribution in [2.24, 2.45) is 0 Å². The fraction of sp³-hybridized carbons (Fsp3) is 0.118. The quantitative estimate of drug-likeness (QED) is 0.172. The topological polar surface area (TPSA) is 115 Å². The van der Waals surface area contributed by atoms with Crippen LogP contribution in [0.3, 0.4) is 0 Å². The molecule has 6 aromatic rings. The number of thiazole rings is 1. The lowest BCUT2D eigenvalue weighted by atomic mass is 10.0. The molecule has 8 nitrogen and oxygen atoms in total. The number of nitrogens with zero attached hydrogens (tertiary/aromatic N) is 3. The number of alkyl halides is 3. The minimum atomic E-state index is -4.40. The Kier molecular flexibility index (Phi) is 8.51. The van der Waals surface area contributed by atoms with Crippen molar-refractivity contribution in [3.05, 3.63) is 119 Å². The van der Waals surface area contributed by atoms with Crippen LogP contribution in [0.5, 0.6) is 0 Å². The predicted octanol–water partition coefficient (Wildman–Crippen LogP) is 8.46. The zero-order valence-corrected chi connectivity index (χ0v) is 26.5. The molecule has 0 radical (unpaired) electrons. The Morgan fingerprint density at radius 3 is 2.15 bits per heavy atom. The fourth-order valence-corrected chi connectivity index (χ4v) is 6.46. The van der Waals surface area contributed by atoms with Crippen molar-refractivity contribution >= 4 is 27.3 Å². The lowest BCUT2D eigenvalue weighted by Gasteiger charge is -2.09. The Bertz CT molecular complexity index is 2160. The van der Waals surface area contributed by atoms with Gasteiger partial charge in [0.05, 0.1) is 16.2 Å². The van der Waals surface area contributed by atoms with Crippen LogP contribution in [0.15, 0.2) is 112 Å². The molecular weight excluding hydrogens is 650 g/mol. The monoisotopic (exact) mass is 674 g/mol. The second-order valence-corrected chi connectivity index (χ2v) is 13.4. The molecule has 13 heteroatoms. The molecule has 0 bridgehead atoms. The first-order chi connectivity index (χ1) is 22.4. The molecule has 1 amide bonds. The van der Waals surface area contributed by atoms with E-state index in [2.05, 4.69) is 19.8 Å². The number of rotatable bonds is 8. The van der Waals surface area contributed by atoms with Gasteiger partial charge in [-0.2, -0.15) is 18.2 Å². The first-order valence-electron chi connectivity index (χ1n) is 14.2. The van der Waals surface area contributed by atoms with Gasteiger partial charge in [0.2, 0.25) is 5.82 Å². The number of carbonyl (C=O) groups is 1. The maximum atomic E-state index is 12.9. The Morgan fingerprint density at radius 1 is 0.830 bits per heavy atom. The van der Waals surface area contributed by atoms with E-state index in [1.54, 1.807) is 36.4 Å². The molecule has 4 aromatic carbocycles. The summed E-state index contributed by atoms with van der Waals surface area (Å²) in [4.78, 5) is 21.9. The van der Waals surface area contributed by atoms with Crippen LogP contribution in [-0.2, 0) is 16.2 Å². The first-order valence-corrected chi connectivity index (χ1v) is 16.6. The first kappa shape index (κ1) is 31.8. The number of nitrogens with one attached hydrogen (secondary N) is 1. The molecule has 0 saturated carbocycles. The molecule has 2 aromatic heterocycles. The van der Waals surface area contributed by atoms with Gasteiger partial charge >= 0.3 is 6.18 Å². The van der Waals surface area contributed by atoms with Crippen molar-refractivity contribution < 1.29 is 30.9 Å². The highest BCUT2D eigenvalue weighted by Gasteiger charge is 2.30. The lowest BCUT2D eigenvalue weighted by molar-refractivity contribution is -0.137. The summed E-state index contributed by atoms with van der Waals surface area (Å²) in [5.74, 6) is -0.153. The van der Waals surface area contributed by atoms with Crippen LogP contribution < -0.4 is 4.72 Å². The molecule has 0 aliphatic carbocycles. The summed E-state index contributed by atoms with van der Waals surface area (Å²) in [6.45, 7) is 4.00. The minimum absolute atomic E-state index is 0.0201. The van der Waals surface area contributed by atoms with Crippen LogP contribution in [0.1, 0.15) is 41.3 Å². The molecule has 1 N–H and O–H groups in total. The maximum absolute atomic E-state index is 12.9. The van der Waals surface area contributed by atoms with E-state index in [4.69, 9.17) is 4.52 Å². The average molecular weight is 675 g/mol. The summed E-state index contributed by atoms with van der Waals surface area (Å²) in [6, 6.07) is 24.6. The van der Waals surface area contributed by atoms with E-state index in [1.165, 1.54) is 47.7 Å². The molecule has 6 rings (SSSR count). The van der Waals surface area contributed by atoms with Crippen molar-refractivity contribution in [1.29, 1.82) is 0 Å². The van der Waals surface area contributed by atoms with Gasteiger partial charge in [-0.3, -0.25) is 4.79 Å². The number of amides is 1. The van der Waals surface area contributed by atoms with E-state index in [0.717, 1.165) is 23.3 Å². The van der Waals surface area contributed by atoms with Gasteiger partial charge in [0.15, 0.2) is 0 Å². The lowest BCUT2D eigenvalue weighted by Crippen LogP contribution is -2.30. The SMILES string of the molecule is CC(C)c1ccc(S(=O)(=O)NC(=O)c2cccc(-c3nc(-c4ccc(-c5csc(-c6ccc(C(F)(F)F)cc6)n5)cc4)no3)c2)cc1. The third kappa shape index (κ3) is 7.00. The molecule has 0 spiro atoms. The molecule has 0 aliphatic heterocycles. The molecule has 238 valence electrons. The van der Waals surface area contributed by atoms with Crippen LogP contribution in [0, 0.1) is 0 Å². The Balaban J connectivity index is 1.14. The van der Waals surface area contributed by atoms with Gasteiger partial charge in [-0.15, -0.1) is 11.3 Å². The van der Waals surface area contributed by atoms with Gasteiger partial charge in [0.1, 0.15) is 5.01 Å². The van der Waals surface area contributed by atoms with E-state index in [9.17, 15) is 26.4 Å². The fourth-order valence-electron chi connectivity index (χ4n) is 4.65. The summed E-state index contributed by atoms with van der Waals surface area (Å²) in [5, 5.41) is 6.47. The number of sulfonamides is 1. The third-order valence-corrected chi connectivity index (χ3v) is 9.52. The van der Waals surface area contributed by atoms with E-state index >= 15 is 0 Å². The summed E-state index contributed by atoms with van der Waals surface area (Å²) >= 11 is 1.32. The van der Waals surface area contributed by atoms with E-state index in [-0.39, 0.29) is 28.1 Å². The van der Waals surface area contributed by atoms with E-state index in [1.807, 2.05) is 31.4 Å². The Hall–Kier alpha value is -5.14. The zero-order valence-electron chi connectivity index (χ0n) is 24.8. The summed E-state index contributed by atoms with van der Waals surface area (Å²) in [7, 11) is -4.09. The third-order valence-electron chi connectivity index (χ3n) is 7.28. The molecule has 0 saturated heterocycles. The number of hydrogen-bond acceptors (Lipinski definition) is 8. The predicted molar refractivity (Wildman–Crippen MR) is 172 cm³/mol. The highest BCUT2D eigenvalue weighted by atomic mass is 32.2. The van der Waals surface area contributed by atoms with Gasteiger partial charge in [0.25, 0.3) is 21.8 Å². The number of carbonyl (C=O) groups excluding carboxylic acids is 1. The standard InChI is InChI=1S/C34H25F3N4O4S2/c1-20(2)21-12-16-28(17-13-21)47(43,44)41-31(42)25-4-3-5-26(18-25)32-39-30(40-45-32)23-8-6-22(7-9-23)29-19-46-33(38-29)24-10-14-27(15-11-24)34(35,36)37/h3-20H,1-2H3,(H,41,42). The van der Waals surface area contributed by atoms with Gasteiger partial charge in [-0.05, 0) is 53.9 Å². The second-order valence-electron chi connectivity index (χ2n) is 10.9. The molecule has 0 aliphatic rings. The molecule has 0 atom stereocenters. The zero-order chi connectivity index (χ0) is 33.3. The number of halogens is 3. The van der Waals surface area contributed by atoms with Crippen LogP contribution in [-0.4, -0.2) is 29.4 Å². The number of aromatic nitrogens is 3. The van der Waals surface area contributed by atoms with Crippen molar-refractivity contribution in [2.45, 2.75) is 30.8 Å². The molecule has 47 heavy (non-hydrogen) atoms. The minimum Gasteiger partial charge on any atom is -0.334 e. The maximum Gasteiger partial charge on any atom is 0.416 e. The Labute approximate surface area is 272 Å². The van der Waals surface area contributed by atoms with Gasteiger partial charge in [0, 0.05) is 33.2 Å². The summed E-state index contributed by atoms with van der Waals surface area (Å²) < 4.78 is 71.9. The van der Waals surface area contributed by atoms with Crippen LogP contribution in [0.2, 0.25) is 0 Å². The highest BCUT2D eigenvalue weighted by Crippen LogP contribution is 2.34. The number of hydrogen-bond donors (Lipinski definition) is 1. The molecule has 2 heterocycles. The van der Waals surface area contributed by atoms with Gasteiger partial charge in [-0.1, -0.05) is 73.6 Å². The highest BCUT2D eigenvalue weighted by molar-refractivity contribution is 7.90. The summed E-state index contributed by atoms with van der Waals surface area (Å²) in [5.41, 5.74) is 3.45. The van der Waals surface area contributed by atoms with E-state index in [0.29, 0.717) is 27.4 Å². The largest absolute Gasteiger partial charge is 0.416 e.